The zero-order valence-corrected chi connectivity index (χ0v) is 14.4. The van der Waals surface area contributed by atoms with Crippen molar-refractivity contribution in [1.29, 1.82) is 0 Å². The maximum absolute atomic E-state index is 12.9. The molecule has 1 saturated heterocycles. The van der Waals surface area contributed by atoms with Gasteiger partial charge in [0.15, 0.2) is 0 Å². The Morgan fingerprint density at radius 1 is 1.17 bits per heavy atom. The molecule has 0 saturated carbocycles. The van der Waals surface area contributed by atoms with Gasteiger partial charge in [0.2, 0.25) is 0 Å². The third-order valence-electron chi connectivity index (χ3n) is 4.66. The SMILES string of the molecule is CSc1ccccc1C(=O)N1CC[C@H](n2cnc3ccccc32)C1. The summed E-state index contributed by atoms with van der Waals surface area (Å²) in [4.78, 5) is 20.4. The minimum atomic E-state index is 0.131. The molecule has 1 fully saturated rings. The lowest BCUT2D eigenvalue weighted by molar-refractivity contribution is 0.0784. The zero-order valence-electron chi connectivity index (χ0n) is 13.6. The van der Waals surface area contributed by atoms with E-state index in [4.69, 9.17) is 0 Å². The number of benzene rings is 2. The summed E-state index contributed by atoms with van der Waals surface area (Å²) >= 11 is 1.62. The van der Waals surface area contributed by atoms with Gasteiger partial charge in [0.1, 0.15) is 0 Å². The summed E-state index contributed by atoms with van der Waals surface area (Å²) in [6.07, 6.45) is 4.88. The molecule has 0 spiro atoms. The van der Waals surface area contributed by atoms with Gasteiger partial charge in [-0.15, -0.1) is 11.8 Å². The molecule has 0 bridgehead atoms. The lowest BCUT2D eigenvalue weighted by atomic mass is 10.2. The van der Waals surface area contributed by atoms with E-state index >= 15 is 0 Å². The van der Waals surface area contributed by atoms with Gasteiger partial charge in [0.25, 0.3) is 5.91 Å². The second-order valence-electron chi connectivity index (χ2n) is 6.03. The fourth-order valence-corrected chi connectivity index (χ4v) is 4.00. The number of hydrogen-bond donors (Lipinski definition) is 0. The summed E-state index contributed by atoms with van der Waals surface area (Å²) in [7, 11) is 0. The molecule has 5 heteroatoms. The average molecular weight is 337 g/mol. The van der Waals surface area contributed by atoms with Crippen LogP contribution < -0.4 is 0 Å². The number of carbonyl (C=O) groups excluding carboxylic acids is 1. The molecule has 1 aromatic heterocycles. The van der Waals surface area contributed by atoms with Crippen molar-refractivity contribution >= 4 is 28.7 Å². The second kappa shape index (κ2) is 6.32. The van der Waals surface area contributed by atoms with Crippen molar-refractivity contribution in [3.8, 4) is 0 Å². The normalized spacial score (nSPS) is 17.5. The molecule has 1 aliphatic rings. The number of imidazole rings is 1. The number of rotatable bonds is 3. The molecule has 1 aliphatic heterocycles. The van der Waals surface area contributed by atoms with Crippen molar-refractivity contribution in [3.63, 3.8) is 0 Å². The van der Waals surface area contributed by atoms with Gasteiger partial charge in [-0.25, -0.2) is 4.98 Å². The van der Waals surface area contributed by atoms with Gasteiger partial charge in [-0.05, 0) is 36.9 Å². The first-order valence-corrected chi connectivity index (χ1v) is 9.34. The van der Waals surface area contributed by atoms with Crippen LogP contribution in [0.1, 0.15) is 22.8 Å². The maximum atomic E-state index is 12.9. The van der Waals surface area contributed by atoms with Crippen molar-refractivity contribution in [3.05, 3.63) is 60.4 Å². The van der Waals surface area contributed by atoms with Gasteiger partial charge in [-0.3, -0.25) is 4.79 Å². The molecule has 4 nitrogen and oxygen atoms in total. The van der Waals surface area contributed by atoms with Crippen LogP contribution in [0.3, 0.4) is 0 Å². The van der Waals surface area contributed by atoms with Crippen molar-refractivity contribution in [2.24, 2.45) is 0 Å². The monoisotopic (exact) mass is 337 g/mol. The van der Waals surface area contributed by atoms with E-state index in [1.165, 1.54) is 0 Å². The van der Waals surface area contributed by atoms with Crippen LogP contribution in [0, 0.1) is 0 Å². The van der Waals surface area contributed by atoms with Crippen LogP contribution >= 0.6 is 11.8 Å². The first-order valence-electron chi connectivity index (χ1n) is 8.12. The van der Waals surface area contributed by atoms with Gasteiger partial charge in [-0.1, -0.05) is 24.3 Å². The van der Waals surface area contributed by atoms with Gasteiger partial charge in [0, 0.05) is 18.0 Å². The molecule has 4 rings (SSSR count). The summed E-state index contributed by atoms with van der Waals surface area (Å²) in [6, 6.07) is 16.3. The Hall–Kier alpha value is -2.27. The summed E-state index contributed by atoms with van der Waals surface area (Å²) in [5.74, 6) is 0.131. The Labute approximate surface area is 145 Å². The molecule has 122 valence electrons. The average Bonchev–Trinajstić information content (AvgIpc) is 3.27. The molecule has 0 unspecified atom stereocenters. The fourth-order valence-electron chi connectivity index (χ4n) is 3.41. The van der Waals surface area contributed by atoms with E-state index in [0.717, 1.165) is 41.0 Å². The summed E-state index contributed by atoms with van der Waals surface area (Å²) < 4.78 is 2.21. The molecule has 3 aromatic rings. The van der Waals surface area contributed by atoms with Crippen molar-refractivity contribution < 1.29 is 4.79 Å². The number of hydrogen-bond acceptors (Lipinski definition) is 3. The molecule has 1 amide bonds. The van der Waals surface area contributed by atoms with Crippen LogP contribution in [0.4, 0.5) is 0 Å². The van der Waals surface area contributed by atoms with Crippen LogP contribution in [-0.4, -0.2) is 39.7 Å². The highest BCUT2D eigenvalue weighted by Crippen LogP contribution is 2.28. The highest BCUT2D eigenvalue weighted by Gasteiger charge is 2.29. The van der Waals surface area contributed by atoms with Gasteiger partial charge in [-0.2, -0.15) is 0 Å². The van der Waals surface area contributed by atoms with Crippen LogP contribution in [0.25, 0.3) is 11.0 Å². The standard InChI is InChI=1S/C19H19N3OS/c1-24-18-9-5-2-6-15(18)19(23)21-11-10-14(12-21)22-13-20-16-7-3-4-8-17(16)22/h2-9,13-14H,10-12H2,1H3/t14-/m0/s1. The molecule has 0 radical (unpaired) electrons. The summed E-state index contributed by atoms with van der Waals surface area (Å²) in [6.45, 7) is 1.53. The lowest BCUT2D eigenvalue weighted by Crippen LogP contribution is -2.29. The summed E-state index contributed by atoms with van der Waals surface area (Å²) in [5.41, 5.74) is 2.96. The maximum Gasteiger partial charge on any atom is 0.255 e. The van der Waals surface area contributed by atoms with E-state index in [-0.39, 0.29) is 5.91 Å². The van der Waals surface area contributed by atoms with E-state index in [1.807, 2.05) is 59.9 Å². The van der Waals surface area contributed by atoms with E-state index in [0.29, 0.717) is 6.04 Å². The Bertz CT molecular complexity index is 889. The number of carbonyl (C=O) groups is 1. The van der Waals surface area contributed by atoms with Crippen molar-refractivity contribution in [2.75, 3.05) is 19.3 Å². The molecule has 1 atom stereocenters. The highest BCUT2D eigenvalue weighted by atomic mass is 32.2. The third-order valence-corrected chi connectivity index (χ3v) is 5.46. The second-order valence-corrected chi connectivity index (χ2v) is 6.88. The van der Waals surface area contributed by atoms with Crippen LogP contribution in [-0.2, 0) is 0 Å². The number of nitrogens with zero attached hydrogens (tertiary/aromatic N) is 3. The molecule has 2 heterocycles. The molecular formula is C19H19N3OS. The quantitative estimate of drug-likeness (QED) is 0.682. The number of para-hydroxylation sites is 2. The number of aromatic nitrogens is 2. The molecule has 24 heavy (non-hydrogen) atoms. The number of fused-ring (bicyclic) bond motifs is 1. The zero-order chi connectivity index (χ0) is 16.5. The first-order chi connectivity index (χ1) is 11.8. The van der Waals surface area contributed by atoms with Crippen LogP contribution in [0.2, 0.25) is 0 Å². The third kappa shape index (κ3) is 2.59. The topological polar surface area (TPSA) is 38.1 Å². The molecular weight excluding hydrogens is 318 g/mol. The minimum Gasteiger partial charge on any atom is -0.336 e. The Balaban J connectivity index is 1.57. The van der Waals surface area contributed by atoms with Crippen LogP contribution in [0.15, 0.2) is 59.8 Å². The van der Waals surface area contributed by atoms with E-state index in [9.17, 15) is 4.79 Å². The van der Waals surface area contributed by atoms with E-state index < -0.39 is 0 Å². The fraction of sp³-hybridized carbons (Fsp3) is 0.263. The predicted octanol–water partition coefficient (Wildman–Crippen LogP) is 3.85. The number of likely N-dealkylation sites (tertiary alicyclic amines) is 1. The minimum absolute atomic E-state index is 0.131. The van der Waals surface area contributed by atoms with E-state index in [2.05, 4.69) is 15.6 Å². The largest absolute Gasteiger partial charge is 0.336 e. The molecule has 0 N–H and O–H groups in total. The Kier molecular flexibility index (Phi) is 4.02. The van der Waals surface area contributed by atoms with Crippen molar-refractivity contribution in [1.82, 2.24) is 14.5 Å². The number of thioether (sulfide) groups is 1. The van der Waals surface area contributed by atoms with E-state index in [1.54, 1.807) is 11.8 Å². The van der Waals surface area contributed by atoms with Gasteiger partial charge < -0.3 is 9.47 Å². The predicted molar refractivity (Wildman–Crippen MR) is 97.5 cm³/mol. The molecule has 2 aromatic carbocycles. The smallest absolute Gasteiger partial charge is 0.255 e. The van der Waals surface area contributed by atoms with Crippen LogP contribution in [0.5, 0.6) is 0 Å². The van der Waals surface area contributed by atoms with Gasteiger partial charge in [0.05, 0.1) is 29.0 Å². The lowest BCUT2D eigenvalue weighted by Gasteiger charge is -2.19. The Morgan fingerprint density at radius 2 is 1.96 bits per heavy atom. The number of amides is 1. The highest BCUT2D eigenvalue weighted by molar-refractivity contribution is 7.98. The summed E-state index contributed by atoms with van der Waals surface area (Å²) in [5, 5.41) is 0. The van der Waals surface area contributed by atoms with Crippen molar-refractivity contribution in [2.45, 2.75) is 17.4 Å². The van der Waals surface area contributed by atoms with Gasteiger partial charge >= 0.3 is 0 Å². The Morgan fingerprint density at radius 3 is 2.83 bits per heavy atom. The first kappa shape index (κ1) is 15.3. The molecule has 0 aliphatic carbocycles.